The number of rotatable bonds is 11. The Labute approximate surface area is 270 Å². The lowest BCUT2D eigenvalue weighted by molar-refractivity contribution is -0.136. The number of hydrogen-bond donors (Lipinski definition) is 0. The van der Waals surface area contributed by atoms with E-state index in [1.165, 1.54) is 42.4 Å². The Morgan fingerprint density at radius 1 is 1.02 bits per heavy atom. The van der Waals surface area contributed by atoms with Crippen LogP contribution in [0.4, 0.5) is 4.39 Å². The van der Waals surface area contributed by atoms with Gasteiger partial charge in [0.1, 0.15) is 12.4 Å². The molecule has 0 aliphatic carbocycles. The predicted octanol–water partition coefficient (Wildman–Crippen LogP) is 5.30. The lowest BCUT2D eigenvalue weighted by Crippen LogP contribution is -2.39. The Bertz CT molecular complexity index is 1950. The van der Waals surface area contributed by atoms with Gasteiger partial charge in [0, 0.05) is 11.8 Å². The zero-order chi connectivity index (χ0) is 32.1. The van der Waals surface area contributed by atoms with Gasteiger partial charge in [-0.3, -0.25) is 9.36 Å². The fraction of sp³-hybridized carbons (Fsp3) is 0.242. The average molecular weight is 698 g/mol. The van der Waals surface area contributed by atoms with Gasteiger partial charge in [0.25, 0.3) is 5.56 Å². The molecular formula is C33H30BrFN2O7S. The van der Waals surface area contributed by atoms with Crippen LogP contribution in [0.3, 0.4) is 0 Å². The van der Waals surface area contributed by atoms with E-state index >= 15 is 0 Å². The van der Waals surface area contributed by atoms with Crippen LogP contribution in [0.1, 0.15) is 36.6 Å². The van der Waals surface area contributed by atoms with E-state index in [-0.39, 0.29) is 23.6 Å². The molecule has 0 saturated heterocycles. The third-order valence-corrected chi connectivity index (χ3v) is 8.47. The van der Waals surface area contributed by atoms with Crippen LogP contribution in [0.25, 0.3) is 6.08 Å². The number of benzene rings is 3. The first-order valence-corrected chi connectivity index (χ1v) is 15.6. The van der Waals surface area contributed by atoms with E-state index in [4.69, 9.17) is 23.7 Å². The summed E-state index contributed by atoms with van der Waals surface area (Å²) in [6.45, 7) is 4.58. The SMILES string of the molecule is CCOc1ccc([C@@H]2C(C(=O)OC)=CN=c3s/c(=C\c4cc(Br)c(OCc5ccccc5F)c(OC)c4)c(=O)n32)cc1OCC. The summed E-state index contributed by atoms with van der Waals surface area (Å²) in [5, 5.41) is 0. The van der Waals surface area contributed by atoms with Gasteiger partial charge in [-0.25, -0.2) is 14.2 Å². The van der Waals surface area contributed by atoms with E-state index in [1.807, 2.05) is 13.8 Å². The molecule has 1 aliphatic rings. The standard InChI is InChI=1S/C33H30BrFN2O7S/c1-5-42-25-12-11-20(16-26(25)43-6-2)29-22(32(39)41-4)17-36-33-37(29)31(38)28(45-33)15-19-13-23(34)30(27(14-19)40-3)44-18-21-9-7-8-10-24(21)35/h7-17,29H,5-6,18H2,1-4H3/b28-15-/t29-/m1/s1. The maximum atomic E-state index is 14.1. The highest BCUT2D eigenvalue weighted by molar-refractivity contribution is 9.10. The first kappa shape index (κ1) is 32.0. The minimum absolute atomic E-state index is 0.00132. The van der Waals surface area contributed by atoms with Crippen LogP contribution in [0.2, 0.25) is 0 Å². The van der Waals surface area contributed by atoms with Crippen molar-refractivity contribution < 1.29 is 32.9 Å². The number of fused-ring (bicyclic) bond motifs is 1. The Morgan fingerprint density at radius 2 is 1.78 bits per heavy atom. The van der Waals surface area contributed by atoms with Gasteiger partial charge in [0.05, 0.1) is 48.1 Å². The molecule has 0 N–H and O–H groups in total. The Hall–Kier alpha value is -4.42. The zero-order valence-electron chi connectivity index (χ0n) is 25.0. The van der Waals surface area contributed by atoms with Crippen LogP contribution >= 0.6 is 27.3 Å². The van der Waals surface area contributed by atoms with Crippen molar-refractivity contribution in [3.8, 4) is 23.0 Å². The Balaban J connectivity index is 1.57. The second kappa shape index (κ2) is 14.1. The summed E-state index contributed by atoms with van der Waals surface area (Å²) in [5.74, 6) is 0.859. The molecule has 0 spiro atoms. The molecule has 2 heterocycles. The van der Waals surface area contributed by atoms with Crippen LogP contribution in [0.15, 0.2) is 80.6 Å². The smallest absolute Gasteiger partial charge is 0.337 e. The highest BCUT2D eigenvalue weighted by Gasteiger charge is 2.31. The van der Waals surface area contributed by atoms with E-state index < -0.39 is 12.0 Å². The van der Waals surface area contributed by atoms with Gasteiger partial charge in [-0.1, -0.05) is 35.6 Å². The highest BCUT2D eigenvalue weighted by atomic mass is 79.9. The van der Waals surface area contributed by atoms with Crippen LogP contribution in [-0.2, 0) is 16.1 Å². The highest BCUT2D eigenvalue weighted by Crippen LogP contribution is 2.38. The molecule has 12 heteroatoms. The summed E-state index contributed by atoms with van der Waals surface area (Å²) in [6, 6.07) is 14.4. The molecule has 4 aromatic rings. The number of ether oxygens (including phenoxy) is 5. The fourth-order valence-corrected chi connectivity index (χ4v) is 6.41. The van der Waals surface area contributed by atoms with Crippen molar-refractivity contribution in [1.82, 2.24) is 4.57 Å². The summed E-state index contributed by atoms with van der Waals surface area (Å²) in [5.41, 5.74) is 1.52. The van der Waals surface area contributed by atoms with E-state index in [1.54, 1.807) is 54.6 Å². The first-order valence-electron chi connectivity index (χ1n) is 14.0. The summed E-state index contributed by atoms with van der Waals surface area (Å²) in [6.07, 6.45) is 3.14. The monoisotopic (exact) mass is 696 g/mol. The molecule has 0 unspecified atom stereocenters. The maximum absolute atomic E-state index is 14.1. The number of carbonyl (C=O) groups excluding carboxylic acids is 1. The van der Waals surface area contributed by atoms with Crippen LogP contribution in [-0.4, -0.2) is 38.0 Å². The minimum Gasteiger partial charge on any atom is -0.493 e. The number of aromatic nitrogens is 1. The molecule has 0 fully saturated rings. The zero-order valence-corrected chi connectivity index (χ0v) is 27.4. The number of hydrogen-bond acceptors (Lipinski definition) is 9. The van der Waals surface area contributed by atoms with Crippen LogP contribution < -0.4 is 33.8 Å². The molecule has 3 aromatic carbocycles. The summed E-state index contributed by atoms with van der Waals surface area (Å²) >= 11 is 4.71. The van der Waals surface area contributed by atoms with Crippen molar-refractivity contribution in [2.24, 2.45) is 4.99 Å². The van der Waals surface area contributed by atoms with Crippen molar-refractivity contribution in [3.05, 3.63) is 113 Å². The molecule has 234 valence electrons. The average Bonchev–Trinajstić information content (AvgIpc) is 3.35. The summed E-state index contributed by atoms with van der Waals surface area (Å²) in [4.78, 5) is 31.7. The van der Waals surface area contributed by atoms with Gasteiger partial charge in [0.15, 0.2) is 27.8 Å². The van der Waals surface area contributed by atoms with Crippen molar-refractivity contribution in [1.29, 1.82) is 0 Å². The third-order valence-electron chi connectivity index (χ3n) is 6.89. The third kappa shape index (κ3) is 6.66. The van der Waals surface area contributed by atoms with E-state index in [0.29, 0.717) is 66.7 Å². The van der Waals surface area contributed by atoms with Crippen molar-refractivity contribution in [2.75, 3.05) is 27.4 Å². The number of halogens is 2. The van der Waals surface area contributed by atoms with Gasteiger partial charge in [-0.15, -0.1) is 0 Å². The molecule has 0 radical (unpaired) electrons. The lowest BCUT2D eigenvalue weighted by Gasteiger charge is -2.23. The van der Waals surface area contributed by atoms with Crippen LogP contribution in [0, 0.1) is 5.82 Å². The van der Waals surface area contributed by atoms with Gasteiger partial charge >= 0.3 is 5.97 Å². The number of carbonyl (C=O) groups is 1. The first-order chi connectivity index (χ1) is 21.8. The normalized spacial score (nSPS) is 14.2. The Morgan fingerprint density at radius 3 is 2.49 bits per heavy atom. The number of nitrogens with zero attached hydrogens (tertiary/aromatic N) is 2. The maximum Gasteiger partial charge on any atom is 0.337 e. The molecule has 0 amide bonds. The van der Waals surface area contributed by atoms with Gasteiger partial charge in [0.2, 0.25) is 0 Å². The van der Waals surface area contributed by atoms with E-state index in [0.717, 1.165) is 0 Å². The largest absolute Gasteiger partial charge is 0.493 e. The number of thiazole rings is 1. The molecule has 0 saturated carbocycles. The lowest BCUT2D eigenvalue weighted by atomic mass is 9.97. The summed E-state index contributed by atoms with van der Waals surface area (Å²) in [7, 11) is 2.78. The molecule has 1 aliphatic heterocycles. The molecule has 1 aromatic heterocycles. The number of methoxy groups -OCH3 is 2. The molecule has 45 heavy (non-hydrogen) atoms. The second-order valence-corrected chi connectivity index (χ2v) is 11.5. The van der Waals surface area contributed by atoms with Crippen molar-refractivity contribution in [2.45, 2.75) is 26.5 Å². The van der Waals surface area contributed by atoms with E-state index in [9.17, 15) is 14.0 Å². The summed E-state index contributed by atoms with van der Waals surface area (Å²) < 4.78 is 44.6. The Kier molecular flexibility index (Phi) is 10.0. The topological polar surface area (TPSA) is 97.6 Å². The van der Waals surface area contributed by atoms with Crippen molar-refractivity contribution in [3.63, 3.8) is 0 Å². The van der Waals surface area contributed by atoms with Crippen LogP contribution in [0.5, 0.6) is 23.0 Å². The van der Waals surface area contributed by atoms with E-state index in [2.05, 4.69) is 20.9 Å². The second-order valence-electron chi connectivity index (χ2n) is 9.66. The molecule has 9 nitrogen and oxygen atoms in total. The molecule has 1 atom stereocenters. The van der Waals surface area contributed by atoms with Crippen molar-refractivity contribution >= 4 is 39.3 Å². The molecule has 5 rings (SSSR count). The van der Waals surface area contributed by atoms with Gasteiger partial charge in [-0.05, 0) is 77.3 Å². The van der Waals surface area contributed by atoms with Gasteiger partial charge < -0.3 is 23.7 Å². The number of esters is 1. The molecule has 0 bridgehead atoms. The predicted molar refractivity (Wildman–Crippen MR) is 171 cm³/mol. The fourth-order valence-electron chi connectivity index (χ4n) is 4.87. The quantitative estimate of drug-likeness (QED) is 0.196. The molecular weight excluding hydrogens is 667 g/mol. The van der Waals surface area contributed by atoms with Gasteiger partial charge in [-0.2, -0.15) is 0 Å². The minimum atomic E-state index is -0.818.